The maximum atomic E-state index is 11.6. The van der Waals surface area contributed by atoms with Gasteiger partial charge in [-0.05, 0) is 66.2 Å². The molecule has 0 bridgehead atoms. The topological polar surface area (TPSA) is 144 Å². The number of hydrogen-bond acceptors (Lipinski definition) is 7. The Morgan fingerprint density at radius 1 is 1.03 bits per heavy atom. The van der Waals surface area contributed by atoms with E-state index in [4.69, 9.17) is 4.74 Å². The van der Waals surface area contributed by atoms with Crippen molar-refractivity contribution in [2.75, 3.05) is 19.7 Å². The summed E-state index contributed by atoms with van der Waals surface area (Å²) in [4.78, 5) is 26.4. The van der Waals surface area contributed by atoms with Crippen LogP contribution >= 0.6 is 11.3 Å². The van der Waals surface area contributed by atoms with E-state index in [0.29, 0.717) is 35.4 Å². The van der Waals surface area contributed by atoms with Crippen molar-refractivity contribution >= 4 is 28.3 Å². The summed E-state index contributed by atoms with van der Waals surface area (Å²) in [5.74, 6) is 0.684. The molecule has 0 saturated heterocycles. The summed E-state index contributed by atoms with van der Waals surface area (Å²) in [5, 5.41) is 38.3. The number of benzene rings is 2. The second-order valence-corrected chi connectivity index (χ2v) is 10.2. The van der Waals surface area contributed by atoms with E-state index in [1.54, 1.807) is 12.1 Å². The molecule has 4 aromatic rings. The third kappa shape index (κ3) is 7.82. The Kier molecular flexibility index (Phi) is 9.96. The van der Waals surface area contributed by atoms with Gasteiger partial charge in [-0.2, -0.15) is 0 Å². The average molecular weight is 552 g/mol. The molecule has 0 fully saturated rings. The van der Waals surface area contributed by atoms with E-state index in [1.165, 1.54) is 23.5 Å². The molecule has 10 heteroatoms. The first-order chi connectivity index (χ1) is 18.9. The Balaban J connectivity index is 1.15. The van der Waals surface area contributed by atoms with Crippen molar-refractivity contribution in [3.63, 3.8) is 0 Å². The van der Waals surface area contributed by atoms with E-state index in [9.17, 15) is 24.9 Å². The Bertz CT molecular complexity index is 1420. The molecule has 39 heavy (non-hydrogen) atoms. The predicted octanol–water partition coefficient (Wildman–Crippen LogP) is 4.91. The Labute approximate surface area is 230 Å². The quantitative estimate of drug-likeness (QED) is 0.122. The van der Waals surface area contributed by atoms with E-state index < -0.39 is 18.2 Å². The lowest BCUT2D eigenvalue weighted by molar-refractivity contribution is 0.176. The van der Waals surface area contributed by atoms with E-state index in [1.807, 2.05) is 41.8 Å². The normalized spacial score (nSPS) is 12.7. The molecule has 2 aromatic heterocycles. The molecule has 2 atom stereocenters. The predicted molar refractivity (Wildman–Crippen MR) is 152 cm³/mol. The number of unbranched alkanes of at least 4 members (excludes halogenated alkanes) is 3. The number of aliphatic hydroxyl groups is 1. The summed E-state index contributed by atoms with van der Waals surface area (Å²) in [6, 6.07) is 17.0. The zero-order valence-electron chi connectivity index (χ0n) is 21.4. The van der Waals surface area contributed by atoms with Crippen LogP contribution in [-0.4, -0.2) is 46.1 Å². The fourth-order valence-electron chi connectivity index (χ4n) is 4.48. The van der Waals surface area contributed by atoms with Crippen LogP contribution in [0.2, 0.25) is 0 Å². The highest BCUT2D eigenvalue weighted by molar-refractivity contribution is 7.10. The number of aliphatic hydroxyl groups excluding tert-OH is 1. The maximum absolute atomic E-state index is 11.6. The van der Waals surface area contributed by atoms with Crippen molar-refractivity contribution in [3.8, 4) is 11.5 Å². The van der Waals surface area contributed by atoms with Crippen LogP contribution in [0.25, 0.3) is 10.9 Å². The van der Waals surface area contributed by atoms with Crippen LogP contribution < -0.4 is 20.9 Å². The SMILES string of the molecule is O=C(O)NC(c1cccc(OCCCCCCNC[C@H](O)c2ccc(O)c3[nH]c(=O)ccc23)c1)c1cccs1. The van der Waals surface area contributed by atoms with Crippen molar-refractivity contribution in [1.82, 2.24) is 15.6 Å². The smallest absolute Gasteiger partial charge is 0.405 e. The highest BCUT2D eigenvalue weighted by Crippen LogP contribution is 2.29. The molecule has 6 N–H and O–H groups in total. The molecule has 0 aliphatic rings. The number of hydrogen-bond donors (Lipinski definition) is 6. The zero-order chi connectivity index (χ0) is 27.6. The van der Waals surface area contributed by atoms with Crippen LogP contribution in [0.3, 0.4) is 0 Å². The first-order valence-electron chi connectivity index (χ1n) is 12.9. The van der Waals surface area contributed by atoms with Gasteiger partial charge in [0.05, 0.1) is 24.3 Å². The monoisotopic (exact) mass is 551 g/mol. The molecular formula is C29H33N3O6S. The number of carboxylic acid groups (broad SMARTS) is 1. The Hall–Kier alpha value is -3.86. The van der Waals surface area contributed by atoms with Gasteiger partial charge in [0.15, 0.2) is 0 Å². The number of aromatic hydroxyl groups is 1. The van der Waals surface area contributed by atoms with Crippen LogP contribution in [0.15, 0.2) is 70.8 Å². The van der Waals surface area contributed by atoms with Crippen molar-refractivity contribution in [3.05, 3.63) is 92.4 Å². The van der Waals surface area contributed by atoms with Gasteiger partial charge in [-0.15, -0.1) is 11.3 Å². The lowest BCUT2D eigenvalue weighted by Gasteiger charge is -2.17. The second kappa shape index (κ2) is 13.8. The number of carbonyl (C=O) groups is 1. The van der Waals surface area contributed by atoms with Crippen LogP contribution in [-0.2, 0) is 0 Å². The fourth-order valence-corrected chi connectivity index (χ4v) is 5.28. The molecule has 4 rings (SSSR count). The lowest BCUT2D eigenvalue weighted by atomic mass is 10.0. The molecule has 2 aromatic carbocycles. The average Bonchev–Trinajstić information content (AvgIpc) is 3.46. The molecule has 2 heterocycles. The maximum Gasteiger partial charge on any atom is 0.405 e. The number of rotatable bonds is 14. The van der Waals surface area contributed by atoms with Crippen molar-refractivity contribution in [2.45, 2.75) is 37.8 Å². The first-order valence-corrected chi connectivity index (χ1v) is 13.8. The van der Waals surface area contributed by atoms with E-state index >= 15 is 0 Å². The number of pyridine rings is 1. The number of ether oxygens (including phenoxy) is 1. The lowest BCUT2D eigenvalue weighted by Crippen LogP contribution is -2.26. The standard InChI is InChI=1S/C29H33N3O6S/c33-23-12-10-21(22-11-13-26(35)31-28(22)23)24(34)18-30-14-3-1-2-4-15-38-20-8-5-7-19(17-20)27(32-29(36)37)25-9-6-16-39-25/h5-13,16-17,24,27,30,32-34H,1-4,14-15,18H2,(H,31,35)(H,36,37)/t24-,27?/m0/s1. The fraction of sp³-hybridized carbons (Fsp3) is 0.310. The molecule has 1 unspecified atom stereocenters. The molecule has 0 aliphatic carbocycles. The molecule has 0 spiro atoms. The molecule has 9 nitrogen and oxygen atoms in total. The van der Waals surface area contributed by atoms with Gasteiger partial charge in [-0.25, -0.2) is 4.79 Å². The number of aromatic amines is 1. The Morgan fingerprint density at radius 3 is 2.67 bits per heavy atom. The number of amides is 1. The highest BCUT2D eigenvalue weighted by atomic mass is 32.1. The Morgan fingerprint density at radius 2 is 1.87 bits per heavy atom. The molecule has 206 valence electrons. The number of fused-ring (bicyclic) bond motifs is 1. The minimum absolute atomic E-state index is 0.0268. The summed E-state index contributed by atoms with van der Waals surface area (Å²) in [6.07, 6.45) is 2.02. The number of phenolic OH excluding ortho intramolecular Hbond substituents is 1. The molecule has 1 amide bonds. The number of H-pyrrole nitrogens is 1. The van der Waals surface area contributed by atoms with Crippen molar-refractivity contribution in [1.29, 1.82) is 0 Å². The van der Waals surface area contributed by atoms with Gasteiger partial charge in [0.25, 0.3) is 0 Å². The van der Waals surface area contributed by atoms with Crippen LogP contribution in [0, 0.1) is 0 Å². The summed E-state index contributed by atoms with van der Waals surface area (Å²) >= 11 is 1.50. The summed E-state index contributed by atoms with van der Waals surface area (Å²) in [6.45, 7) is 1.69. The van der Waals surface area contributed by atoms with Gasteiger partial charge >= 0.3 is 6.09 Å². The van der Waals surface area contributed by atoms with Gasteiger partial charge in [0, 0.05) is 22.9 Å². The van der Waals surface area contributed by atoms with Crippen LogP contribution in [0.1, 0.15) is 53.8 Å². The van der Waals surface area contributed by atoms with E-state index in [-0.39, 0.29) is 11.3 Å². The second-order valence-electron chi connectivity index (χ2n) is 9.24. The van der Waals surface area contributed by atoms with Gasteiger partial charge in [0.2, 0.25) is 5.56 Å². The summed E-state index contributed by atoms with van der Waals surface area (Å²) in [7, 11) is 0. The third-order valence-electron chi connectivity index (χ3n) is 6.41. The summed E-state index contributed by atoms with van der Waals surface area (Å²) < 4.78 is 5.92. The van der Waals surface area contributed by atoms with E-state index in [0.717, 1.165) is 42.7 Å². The summed E-state index contributed by atoms with van der Waals surface area (Å²) in [5.41, 5.74) is 1.50. The van der Waals surface area contributed by atoms with Crippen molar-refractivity contribution in [2.24, 2.45) is 0 Å². The van der Waals surface area contributed by atoms with E-state index in [2.05, 4.69) is 15.6 Å². The minimum Gasteiger partial charge on any atom is -0.506 e. The number of nitrogens with one attached hydrogen (secondary N) is 3. The minimum atomic E-state index is -1.07. The largest absolute Gasteiger partial charge is 0.506 e. The molecule has 0 saturated carbocycles. The number of thiophene rings is 1. The van der Waals surface area contributed by atoms with Gasteiger partial charge in [-0.3, -0.25) is 4.79 Å². The number of phenols is 1. The third-order valence-corrected chi connectivity index (χ3v) is 7.34. The van der Waals surface area contributed by atoms with Crippen LogP contribution in [0.5, 0.6) is 11.5 Å². The number of aromatic nitrogens is 1. The van der Waals surface area contributed by atoms with Gasteiger partial charge in [-0.1, -0.05) is 37.1 Å². The van der Waals surface area contributed by atoms with Gasteiger partial charge in [0.1, 0.15) is 11.5 Å². The van der Waals surface area contributed by atoms with Crippen molar-refractivity contribution < 1.29 is 24.9 Å². The molecule has 0 aliphatic heterocycles. The van der Waals surface area contributed by atoms with Crippen LogP contribution in [0.4, 0.5) is 4.79 Å². The highest BCUT2D eigenvalue weighted by Gasteiger charge is 2.18. The molecular weight excluding hydrogens is 518 g/mol. The van der Waals surface area contributed by atoms with Gasteiger partial charge < -0.3 is 35.7 Å². The molecule has 0 radical (unpaired) electrons. The zero-order valence-corrected chi connectivity index (χ0v) is 22.2. The first kappa shape index (κ1) is 28.2.